The number of ether oxygens (including phenoxy) is 2. The van der Waals surface area contributed by atoms with Gasteiger partial charge in [0.15, 0.2) is 4.80 Å². The number of anilines is 1. The molecule has 1 aliphatic heterocycles. The summed E-state index contributed by atoms with van der Waals surface area (Å²) in [7, 11) is -2.57. The zero-order valence-electron chi connectivity index (χ0n) is 22.4. The van der Waals surface area contributed by atoms with E-state index in [1.54, 1.807) is 31.2 Å². The van der Waals surface area contributed by atoms with Crippen LogP contribution in [0.2, 0.25) is 0 Å². The van der Waals surface area contributed by atoms with Gasteiger partial charge in [-0.2, -0.15) is 4.99 Å². The number of aryl methyl sites for hydroxylation is 1. The second-order valence-electron chi connectivity index (χ2n) is 9.20. The molecule has 4 aromatic rings. The van der Waals surface area contributed by atoms with Crippen LogP contribution < -0.4 is 9.11 Å². The van der Waals surface area contributed by atoms with Crippen molar-refractivity contribution in [2.24, 2.45) is 4.99 Å². The van der Waals surface area contributed by atoms with Crippen molar-refractivity contribution < 1.29 is 32.3 Å². The molecule has 0 bridgehead atoms. The zero-order valence-corrected chi connectivity index (χ0v) is 24.0. The van der Waals surface area contributed by atoms with Gasteiger partial charge in [-0.1, -0.05) is 29.5 Å². The number of para-hydroxylation sites is 1. The molecule has 2 heterocycles. The molecule has 0 unspecified atom stereocenters. The molecule has 3 aromatic carbocycles. The summed E-state index contributed by atoms with van der Waals surface area (Å²) in [6.45, 7) is 2.11. The number of amides is 1. The number of hydrogen-bond acceptors (Lipinski definition) is 8. The van der Waals surface area contributed by atoms with Crippen LogP contribution in [0.15, 0.2) is 76.6 Å². The van der Waals surface area contributed by atoms with Crippen molar-refractivity contribution in [1.29, 1.82) is 0 Å². The first-order valence-corrected chi connectivity index (χ1v) is 15.2. The summed E-state index contributed by atoms with van der Waals surface area (Å²) in [6.07, 6.45) is 1.53. The third-order valence-corrected chi connectivity index (χ3v) is 9.53. The molecule has 1 amide bonds. The van der Waals surface area contributed by atoms with Crippen LogP contribution in [0.4, 0.5) is 5.69 Å². The highest BCUT2D eigenvalue weighted by molar-refractivity contribution is 7.92. The second-order valence-corrected chi connectivity index (χ2v) is 12.1. The molecule has 0 fully saturated rings. The Morgan fingerprint density at radius 3 is 2.46 bits per heavy atom. The van der Waals surface area contributed by atoms with Gasteiger partial charge in [0, 0.05) is 12.1 Å². The lowest BCUT2D eigenvalue weighted by atomic mass is 10.0. The molecule has 212 valence electrons. The Morgan fingerprint density at radius 1 is 1.00 bits per heavy atom. The van der Waals surface area contributed by atoms with E-state index in [4.69, 9.17) is 9.47 Å². The fourth-order valence-corrected chi connectivity index (χ4v) is 7.25. The number of rotatable bonds is 7. The van der Waals surface area contributed by atoms with Crippen LogP contribution in [0.1, 0.15) is 39.6 Å². The maximum atomic E-state index is 13.5. The lowest BCUT2D eigenvalue weighted by molar-refractivity contribution is -0.141. The van der Waals surface area contributed by atoms with Gasteiger partial charge in [0.25, 0.3) is 15.9 Å². The van der Waals surface area contributed by atoms with E-state index in [1.807, 2.05) is 18.2 Å². The van der Waals surface area contributed by atoms with E-state index in [2.05, 4.69) is 4.99 Å². The molecule has 0 N–H and O–H groups in total. The van der Waals surface area contributed by atoms with E-state index in [9.17, 15) is 22.8 Å². The average molecular weight is 594 g/mol. The topological polar surface area (TPSA) is 124 Å². The smallest absolute Gasteiger partial charge is 0.338 e. The molecule has 41 heavy (non-hydrogen) atoms. The highest BCUT2D eigenvalue weighted by atomic mass is 32.2. The van der Waals surface area contributed by atoms with Crippen LogP contribution in [-0.2, 0) is 37.3 Å². The minimum atomic E-state index is -3.83. The number of hydrogen-bond donors (Lipinski definition) is 0. The van der Waals surface area contributed by atoms with Gasteiger partial charge in [0.2, 0.25) is 0 Å². The zero-order chi connectivity index (χ0) is 29.1. The summed E-state index contributed by atoms with van der Waals surface area (Å²) in [5.74, 6) is -1.64. The summed E-state index contributed by atoms with van der Waals surface area (Å²) < 4.78 is 40.3. The number of nitrogens with zero attached hydrogens (tertiary/aromatic N) is 3. The van der Waals surface area contributed by atoms with E-state index in [-0.39, 0.29) is 28.4 Å². The molecular formula is C29H27N3O7S2. The molecule has 10 nitrogen and oxygen atoms in total. The molecule has 1 aliphatic rings. The van der Waals surface area contributed by atoms with Crippen molar-refractivity contribution in [2.75, 3.05) is 24.6 Å². The van der Waals surface area contributed by atoms with Crippen molar-refractivity contribution >= 4 is 55.1 Å². The van der Waals surface area contributed by atoms with Crippen LogP contribution >= 0.6 is 11.3 Å². The predicted molar refractivity (Wildman–Crippen MR) is 153 cm³/mol. The Bertz CT molecular complexity index is 1820. The van der Waals surface area contributed by atoms with Crippen molar-refractivity contribution in [3.8, 4) is 0 Å². The van der Waals surface area contributed by atoms with E-state index >= 15 is 0 Å². The van der Waals surface area contributed by atoms with Gasteiger partial charge in [-0.3, -0.25) is 13.9 Å². The molecule has 0 saturated carbocycles. The summed E-state index contributed by atoms with van der Waals surface area (Å²) in [4.78, 5) is 42.0. The first kappa shape index (κ1) is 28.2. The number of fused-ring (bicyclic) bond motifs is 2. The second kappa shape index (κ2) is 11.7. The highest BCUT2D eigenvalue weighted by Crippen LogP contribution is 2.32. The number of carbonyl (C=O) groups excluding carboxylic acids is 3. The number of carbonyl (C=O) groups is 3. The number of esters is 2. The maximum absolute atomic E-state index is 13.5. The molecular weight excluding hydrogens is 566 g/mol. The number of methoxy groups -OCH3 is 1. The summed E-state index contributed by atoms with van der Waals surface area (Å²) in [5.41, 5.74) is 2.74. The van der Waals surface area contributed by atoms with E-state index in [1.165, 1.54) is 40.2 Å². The van der Waals surface area contributed by atoms with Crippen molar-refractivity contribution in [1.82, 2.24) is 4.57 Å². The minimum absolute atomic E-state index is 0.0693. The van der Waals surface area contributed by atoms with Gasteiger partial charge >= 0.3 is 11.9 Å². The quantitative estimate of drug-likeness (QED) is 0.297. The summed E-state index contributed by atoms with van der Waals surface area (Å²) >= 11 is 1.13. The van der Waals surface area contributed by atoms with Crippen LogP contribution in [0.3, 0.4) is 0 Å². The first-order valence-electron chi connectivity index (χ1n) is 12.9. The van der Waals surface area contributed by atoms with Crippen LogP contribution in [0, 0.1) is 0 Å². The lowest BCUT2D eigenvalue weighted by Crippen LogP contribution is -2.35. The van der Waals surface area contributed by atoms with E-state index in [0.29, 0.717) is 34.4 Å². The van der Waals surface area contributed by atoms with Crippen molar-refractivity contribution in [2.45, 2.75) is 31.2 Å². The van der Waals surface area contributed by atoms with Crippen LogP contribution in [-0.4, -0.2) is 51.1 Å². The average Bonchev–Trinajstić information content (AvgIpc) is 3.32. The third kappa shape index (κ3) is 5.66. The van der Waals surface area contributed by atoms with Gasteiger partial charge in [-0.25, -0.2) is 13.2 Å². The minimum Gasteiger partial charge on any atom is -0.468 e. The summed E-state index contributed by atoms with van der Waals surface area (Å²) in [5, 5.41) is 0. The normalized spacial score (nSPS) is 13.6. The number of aromatic nitrogens is 1. The van der Waals surface area contributed by atoms with Gasteiger partial charge in [0.1, 0.15) is 6.54 Å². The van der Waals surface area contributed by atoms with Crippen molar-refractivity contribution in [3.63, 3.8) is 0 Å². The van der Waals surface area contributed by atoms with E-state index in [0.717, 1.165) is 23.3 Å². The predicted octanol–water partition coefficient (Wildman–Crippen LogP) is 3.94. The Morgan fingerprint density at radius 2 is 1.73 bits per heavy atom. The maximum Gasteiger partial charge on any atom is 0.338 e. The number of thiazole rings is 1. The summed E-state index contributed by atoms with van der Waals surface area (Å²) in [6, 6.07) is 17.9. The molecule has 0 saturated heterocycles. The first-order chi connectivity index (χ1) is 19.7. The van der Waals surface area contributed by atoms with E-state index < -0.39 is 27.9 Å². The van der Waals surface area contributed by atoms with Gasteiger partial charge in [0.05, 0.1) is 40.1 Å². The van der Waals surface area contributed by atoms with Crippen LogP contribution in [0.5, 0.6) is 0 Å². The fourth-order valence-electron chi connectivity index (χ4n) is 4.64. The van der Waals surface area contributed by atoms with Crippen LogP contribution in [0.25, 0.3) is 10.2 Å². The standard InChI is InChI=1S/C29H27N3O7S2/c1-3-39-28(35)21-12-15-24-25(17-21)40-29(31(24)18-26(33)38-2)30-27(34)20-10-13-22(14-11-20)41(36,37)32-16-6-8-19-7-4-5-9-23(19)32/h4-5,7,9-15,17H,3,6,8,16,18H2,1-2H3. The Hall–Kier alpha value is -4.29. The van der Waals surface area contributed by atoms with Gasteiger partial charge in [-0.15, -0.1) is 0 Å². The molecule has 0 spiro atoms. The fraction of sp³-hybridized carbons (Fsp3) is 0.241. The van der Waals surface area contributed by atoms with Crippen molar-refractivity contribution in [3.05, 3.63) is 88.2 Å². The molecule has 0 atom stereocenters. The Labute approximate surface area is 240 Å². The highest BCUT2D eigenvalue weighted by Gasteiger charge is 2.29. The molecule has 0 aliphatic carbocycles. The lowest BCUT2D eigenvalue weighted by Gasteiger charge is -2.30. The molecule has 5 rings (SSSR count). The van der Waals surface area contributed by atoms with Gasteiger partial charge < -0.3 is 14.0 Å². The Balaban J connectivity index is 1.48. The monoisotopic (exact) mass is 593 g/mol. The molecule has 12 heteroatoms. The third-order valence-electron chi connectivity index (χ3n) is 6.66. The SMILES string of the molecule is CCOC(=O)c1ccc2c(c1)sc(=NC(=O)c1ccc(S(=O)(=O)N3CCCc4ccccc43)cc1)n2CC(=O)OC. The number of benzene rings is 3. The number of sulfonamides is 1. The molecule has 0 radical (unpaired) electrons. The largest absolute Gasteiger partial charge is 0.468 e. The Kier molecular flexibility index (Phi) is 8.04. The molecule has 1 aromatic heterocycles. The van der Waals surface area contributed by atoms with Gasteiger partial charge in [-0.05, 0) is 73.9 Å².